The number of nitrogens with one attached hydrogen (secondary N) is 2. The van der Waals surface area contributed by atoms with Gasteiger partial charge in [-0.05, 0) is 30.3 Å². The molecule has 0 fully saturated rings. The van der Waals surface area contributed by atoms with Crippen LogP contribution in [0.3, 0.4) is 0 Å². The Hall–Kier alpha value is -1.98. The fourth-order valence-corrected chi connectivity index (χ4v) is 1.88. The van der Waals surface area contributed by atoms with E-state index in [0.717, 1.165) is 0 Å². The predicted molar refractivity (Wildman–Crippen MR) is 80.3 cm³/mol. The van der Waals surface area contributed by atoms with Crippen LogP contribution in [-0.4, -0.2) is 11.8 Å². The van der Waals surface area contributed by atoms with Crippen LogP contribution >= 0.6 is 23.2 Å². The van der Waals surface area contributed by atoms with Gasteiger partial charge in [-0.2, -0.15) is 0 Å². The number of furan rings is 1. The molecule has 2 aromatic rings. The number of hydrogen-bond donors (Lipinski definition) is 2. The van der Waals surface area contributed by atoms with Crippen molar-refractivity contribution in [3.63, 3.8) is 0 Å². The summed E-state index contributed by atoms with van der Waals surface area (Å²) in [5, 5.41) is 5.87. The minimum Gasteiger partial charge on any atom is -0.467 e. The van der Waals surface area contributed by atoms with E-state index in [1.54, 1.807) is 24.3 Å². The molecule has 0 spiro atoms. The van der Waals surface area contributed by atoms with Gasteiger partial charge in [0.1, 0.15) is 12.2 Å². The summed E-state index contributed by atoms with van der Waals surface area (Å²) in [5.41, 5.74) is 0.480. The van der Waals surface area contributed by atoms with Crippen molar-refractivity contribution >= 4 is 40.7 Å². The van der Waals surface area contributed by atoms with E-state index in [4.69, 9.17) is 27.6 Å². The summed E-state index contributed by atoms with van der Waals surface area (Å²) in [6, 6.07) is 8.14. The Morgan fingerprint density at radius 1 is 1.10 bits per heavy atom. The number of halogens is 2. The van der Waals surface area contributed by atoms with Crippen molar-refractivity contribution in [1.29, 1.82) is 0 Å². The van der Waals surface area contributed by atoms with Crippen LogP contribution in [0.2, 0.25) is 10.0 Å². The smallest absolute Gasteiger partial charge is 0.233 e. The van der Waals surface area contributed by atoms with E-state index in [2.05, 4.69) is 10.6 Å². The topological polar surface area (TPSA) is 71.3 Å². The Bertz CT molecular complexity index is 642. The molecule has 21 heavy (non-hydrogen) atoms. The molecule has 0 aliphatic heterocycles. The highest BCUT2D eigenvalue weighted by Gasteiger charge is 2.10. The number of carbonyl (C=O) groups is 2. The van der Waals surface area contributed by atoms with Crippen LogP contribution in [-0.2, 0) is 16.1 Å². The Morgan fingerprint density at radius 3 is 2.57 bits per heavy atom. The van der Waals surface area contributed by atoms with Gasteiger partial charge in [-0.25, -0.2) is 0 Å². The van der Waals surface area contributed by atoms with Gasteiger partial charge in [-0.1, -0.05) is 23.2 Å². The van der Waals surface area contributed by atoms with Crippen molar-refractivity contribution in [2.45, 2.75) is 13.0 Å². The van der Waals surface area contributed by atoms with Gasteiger partial charge in [-0.3, -0.25) is 9.59 Å². The first-order valence-electron chi connectivity index (χ1n) is 6.08. The molecule has 0 unspecified atom stereocenters. The highest BCUT2D eigenvalue weighted by atomic mass is 35.5. The van der Waals surface area contributed by atoms with Gasteiger partial charge in [-0.15, -0.1) is 0 Å². The van der Waals surface area contributed by atoms with Crippen molar-refractivity contribution in [2.24, 2.45) is 0 Å². The molecule has 2 N–H and O–H groups in total. The van der Waals surface area contributed by atoms with Crippen LogP contribution in [0.4, 0.5) is 5.69 Å². The van der Waals surface area contributed by atoms with Crippen LogP contribution in [0.1, 0.15) is 12.2 Å². The molecule has 2 amide bonds. The van der Waals surface area contributed by atoms with E-state index in [0.29, 0.717) is 21.5 Å². The highest BCUT2D eigenvalue weighted by Crippen LogP contribution is 2.24. The van der Waals surface area contributed by atoms with Crippen LogP contribution in [0.25, 0.3) is 0 Å². The quantitative estimate of drug-likeness (QED) is 0.828. The summed E-state index contributed by atoms with van der Waals surface area (Å²) in [4.78, 5) is 23.3. The third-order valence-corrected chi connectivity index (χ3v) is 3.30. The lowest BCUT2D eigenvalue weighted by Gasteiger charge is -2.06. The van der Waals surface area contributed by atoms with Gasteiger partial charge in [0.2, 0.25) is 11.8 Å². The number of anilines is 1. The van der Waals surface area contributed by atoms with Gasteiger partial charge in [0.25, 0.3) is 0 Å². The molecule has 1 aromatic carbocycles. The van der Waals surface area contributed by atoms with Crippen molar-refractivity contribution in [2.75, 3.05) is 5.32 Å². The Kier molecular flexibility index (Phi) is 5.25. The molecular weight excluding hydrogens is 315 g/mol. The molecule has 0 atom stereocenters. The number of hydrogen-bond acceptors (Lipinski definition) is 3. The van der Waals surface area contributed by atoms with Gasteiger partial charge in [0.05, 0.1) is 22.9 Å². The Balaban J connectivity index is 1.80. The van der Waals surface area contributed by atoms with Crippen molar-refractivity contribution in [3.05, 3.63) is 52.4 Å². The van der Waals surface area contributed by atoms with E-state index < -0.39 is 11.8 Å². The zero-order chi connectivity index (χ0) is 15.2. The lowest BCUT2D eigenvalue weighted by atomic mass is 10.3. The normalized spacial score (nSPS) is 10.2. The third-order valence-electron chi connectivity index (χ3n) is 2.56. The zero-order valence-corrected chi connectivity index (χ0v) is 12.4. The molecule has 110 valence electrons. The van der Waals surface area contributed by atoms with E-state index in [1.807, 2.05) is 0 Å². The molecule has 2 rings (SSSR count). The van der Waals surface area contributed by atoms with Crippen LogP contribution in [0.15, 0.2) is 41.0 Å². The van der Waals surface area contributed by atoms with Crippen molar-refractivity contribution < 1.29 is 14.0 Å². The average molecular weight is 327 g/mol. The van der Waals surface area contributed by atoms with Crippen molar-refractivity contribution in [1.82, 2.24) is 5.32 Å². The first-order valence-corrected chi connectivity index (χ1v) is 6.84. The summed E-state index contributed by atoms with van der Waals surface area (Å²) in [6.07, 6.45) is 1.22. The molecule has 0 saturated heterocycles. The molecule has 0 saturated carbocycles. The van der Waals surface area contributed by atoms with E-state index in [-0.39, 0.29) is 13.0 Å². The molecule has 0 aliphatic rings. The second kappa shape index (κ2) is 7.15. The molecule has 0 bridgehead atoms. The fraction of sp³-hybridized carbons (Fsp3) is 0.143. The molecule has 0 aliphatic carbocycles. The molecule has 5 nitrogen and oxygen atoms in total. The van der Waals surface area contributed by atoms with Crippen LogP contribution in [0, 0.1) is 0 Å². The summed E-state index contributed by atoms with van der Waals surface area (Å²) in [7, 11) is 0. The zero-order valence-electron chi connectivity index (χ0n) is 10.9. The Labute approximate surface area is 131 Å². The second-order valence-corrected chi connectivity index (χ2v) is 5.02. The van der Waals surface area contributed by atoms with E-state index in [9.17, 15) is 9.59 Å². The highest BCUT2D eigenvalue weighted by molar-refractivity contribution is 6.42. The van der Waals surface area contributed by atoms with Crippen LogP contribution < -0.4 is 10.6 Å². The summed E-state index contributed by atoms with van der Waals surface area (Å²) in [5.74, 6) is -0.220. The summed E-state index contributed by atoms with van der Waals surface area (Å²) >= 11 is 11.6. The first-order chi connectivity index (χ1) is 10.0. The minimum atomic E-state index is -0.440. The maximum absolute atomic E-state index is 11.7. The number of rotatable bonds is 5. The largest absolute Gasteiger partial charge is 0.467 e. The maximum Gasteiger partial charge on any atom is 0.233 e. The third kappa shape index (κ3) is 4.81. The summed E-state index contributed by atoms with van der Waals surface area (Å²) < 4.78 is 5.07. The van der Waals surface area contributed by atoms with Gasteiger partial charge < -0.3 is 15.1 Å². The van der Waals surface area contributed by atoms with Crippen molar-refractivity contribution in [3.8, 4) is 0 Å². The SMILES string of the molecule is O=C(CC(=O)Nc1ccc(Cl)c(Cl)c1)NCc1ccco1. The van der Waals surface area contributed by atoms with Crippen LogP contribution in [0.5, 0.6) is 0 Å². The standard InChI is InChI=1S/C14H12Cl2N2O3/c15-11-4-3-9(6-12(11)16)18-14(20)7-13(19)17-8-10-2-1-5-21-10/h1-6H,7-8H2,(H,17,19)(H,18,20). The molecule has 1 heterocycles. The van der Waals surface area contributed by atoms with Gasteiger partial charge >= 0.3 is 0 Å². The number of amides is 2. The number of carbonyl (C=O) groups excluding carboxylic acids is 2. The minimum absolute atomic E-state index is 0.242. The monoisotopic (exact) mass is 326 g/mol. The van der Waals surface area contributed by atoms with Gasteiger partial charge in [0.15, 0.2) is 0 Å². The predicted octanol–water partition coefficient (Wildman–Crippen LogP) is 3.23. The molecular formula is C14H12Cl2N2O3. The average Bonchev–Trinajstić information content (AvgIpc) is 2.94. The molecule has 1 aromatic heterocycles. The molecule has 7 heteroatoms. The first kappa shape index (κ1) is 15.4. The number of benzene rings is 1. The Morgan fingerprint density at radius 2 is 1.90 bits per heavy atom. The van der Waals surface area contributed by atoms with E-state index in [1.165, 1.54) is 12.3 Å². The fourth-order valence-electron chi connectivity index (χ4n) is 1.59. The maximum atomic E-state index is 11.7. The lowest BCUT2D eigenvalue weighted by molar-refractivity contribution is -0.127. The lowest BCUT2D eigenvalue weighted by Crippen LogP contribution is -2.27. The van der Waals surface area contributed by atoms with E-state index >= 15 is 0 Å². The second-order valence-electron chi connectivity index (χ2n) is 4.21. The molecule has 0 radical (unpaired) electrons. The van der Waals surface area contributed by atoms with Gasteiger partial charge in [0, 0.05) is 5.69 Å². The summed E-state index contributed by atoms with van der Waals surface area (Å²) in [6.45, 7) is 0.242.